The number of amides is 1. The van der Waals surface area contributed by atoms with Crippen LogP contribution in [0, 0.1) is 6.92 Å². The Kier molecular flexibility index (Phi) is 5.78. The number of hydrogen-bond acceptors (Lipinski definition) is 2. The first-order valence-corrected chi connectivity index (χ1v) is 8.86. The standard InChI is InChI=1S/C19H21BrN2OS/c1-12-5-10-16(15(20)11-12)21-18(24)22-17(23)13-6-8-14(9-7-13)19(2,3)4/h5-11H,1-4H3,(H2,21,22,23,24). The zero-order chi connectivity index (χ0) is 17.9. The molecule has 0 aromatic heterocycles. The average Bonchev–Trinajstić information content (AvgIpc) is 2.49. The van der Waals surface area contributed by atoms with Gasteiger partial charge < -0.3 is 5.32 Å². The maximum atomic E-state index is 12.3. The van der Waals surface area contributed by atoms with Crippen molar-refractivity contribution in [1.29, 1.82) is 0 Å². The summed E-state index contributed by atoms with van der Waals surface area (Å²) in [6.07, 6.45) is 0. The van der Waals surface area contributed by atoms with Gasteiger partial charge in [0.25, 0.3) is 5.91 Å². The van der Waals surface area contributed by atoms with Crippen molar-refractivity contribution in [2.24, 2.45) is 0 Å². The smallest absolute Gasteiger partial charge is 0.257 e. The SMILES string of the molecule is Cc1ccc(NC(=S)NC(=O)c2ccc(C(C)(C)C)cc2)c(Br)c1. The first-order chi connectivity index (χ1) is 11.2. The molecule has 0 saturated carbocycles. The van der Waals surface area contributed by atoms with Gasteiger partial charge in [-0.3, -0.25) is 10.1 Å². The summed E-state index contributed by atoms with van der Waals surface area (Å²) in [7, 11) is 0. The minimum Gasteiger partial charge on any atom is -0.331 e. The van der Waals surface area contributed by atoms with Crippen LogP contribution in [0.25, 0.3) is 0 Å². The predicted molar refractivity (Wildman–Crippen MR) is 108 cm³/mol. The van der Waals surface area contributed by atoms with E-state index in [0.717, 1.165) is 15.7 Å². The van der Waals surface area contributed by atoms with Crippen molar-refractivity contribution in [2.75, 3.05) is 5.32 Å². The third-order valence-corrected chi connectivity index (χ3v) is 4.47. The van der Waals surface area contributed by atoms with Crippen molar-refractivity contribution in [3.05, 3.63) is 63.6 Å². The normalized spacial score (nSPS) is 11.0. The number of aryl methyl sites for hydroxylation is 1. The molecule has 126 valence electrons. The number of carbonyl (C=O) groups is 1. The second kappa shape index (κ2) is 7.45. The maximum absolute atomic E-state index is 12.3. The van der Waals surface area contributed by atoms with E-state index in [-0.39, 0.29) is 16.4 Å². The zero-order valence-corrected chi connectivity index (χ0v) is 16.6. The Morgan fingerprint density at radius 3 is 2.25 bits per heavy atom. The number of nitrogens with one attached hydrogen (secondary N) is 2. The molecule has 0 fully saturated rings. The molecule has 0 atom stereocenters. The van der Waals surface area contributed by atoms with Crippen molar-refractivity contribution in [1.82, 2.24) is 5.32 Å². The van der Waals surface area contributed by atoms with Crippen LogP contribution in [0.5, 0.6) is 0 Å². The molecule has 5 heteroatoms. The van der Waals surface area contributed by atoms with Crippen LogP contribution in [0.4, 0.5) is 5.69 Å². The van der Waals surface area contributed by atoms with E-state index in [0.29, 0.717) is 5.56 Å². The summed E-state index contributed by atoms with van der Waals surface area (Å²) in [6.45, 7) is 8.43. The molecular weight excluding hydrogens is 384 g/mol. The fraction of sp³-hybridized carbons (Fsp3) is 0.263. The highest BCUT2D eigenvalue weighted by atomic mass is 79.9. The largest absolute Gasteiger partial charge is 0.331 e. The van der Waals surface area contributed by atoms with Gasteiger partial charge in [-0.15, -0.1) is 0 Å². The Bertz CT molecular complexity index is 764. The van der Waals surface area contributed by atoms with E-state index < -0.39 is 0 Å². The van der Waals surface area contributed by atoms with E-state index >= 15 is 0 Å². The van der Waals surface area contributed by atoms with Gasteiger partial charge in [0.05, 0.1) is 5.69 Å². The molecule has 0 bridgehead atoms. The third kappa shape index (κ3) is 4.89. The van der Waals surface area contributed by atoms with Crippen LogP contribution in [-0.2, 0) is 5.41 Å². The number of benzene rings is 2. The Morgan fingerprint density at radius 2 is 1.71 bits per heavy atom. The summed E-state index contributed by atoms with van der Waals surface area (Å²) in [6, 6.07) is 13.5. The highest BCUT2D eigenvalue weighted by molar-refractivity contribution is 9.10. The van der Waals surface area contributed by atoms with Gasteiger partial charge in [-0.25, -0.2) is 0 Å². The van der Waals surface area contributed by atoms with E-state index in [1.54, 1.807) is 0 Å². The number of thiocarbonyl (C=S) groups is 1. The van der Waals surface area contributed by atoms with Crippen LogP contribution in [0.2, 0.25) is 0 Å². The van der Waals surface area contributed by atoms with E-state index in [9.17, 15) is 4.79 Å². The maximum Gasteiger partial charge on any atom is 0.257 e. The molecule has 3 nitrogen and oxygen atoms in total. The quantitative estimate of drug-likeness (QED) is 0.677. The molecule has 2 aromatic carbocycles. The molecule has 0 radical (unpaired) electrons. The van der Waals surface area contributed by atoms with Crippen LogP contribution < -0.4 is 10.6 Å². The molecule has 0 aliphatic carbocycles. The summed E-state index contributed by atoms with van der Waals surface area (Å²) < 4.78 is 0.897. The van der Waals surface area contributed by atoms with E-state index in [4.69, 9.17) is 12.2 Å². The van der Waals surface area contributed by atoms with Crippen LogP contribution in [0.1, 0.15) is 42.3 Å². The fourth-order valence-corrected chi connectivity index (χ4v) is 2.97. The number of hydrogen-bond donors (Lipinski definition) is 2. The molecule has 1 amide bonds. The van der Waals surface area contributed by atoms with Gasteiger partial charge in [0.2, 0.25) is 0 Å². The molecule has 0 saturated heterocycles. The summed E-state index contributed by atoms with van der Waals surface area (Å²) in [5, 5.41) is 6.00. The second-order valence-electron chi connectivity index (χ2n) is 6.72. The number of rotatable bonds is 2. The van der Waals surface area contributed by atoms with Crippen molar-refractivity contribution in [3.8, 4) is 0 Å². The van der Waals surface area contributed by atoms with E-state index in [1.807, 2.05) is 49.4 Å². The Hall–Kier alpha value is -1.72. The van der Waals surface area contributed by atoms with Gasteiger partial charge in [0.15, 0.2) is 5.11 Å². The molecule has 24 heavy (non-hydrogen) atoms. The fourth-order valence-electron chi connectivity index (χ4n) is 2.17. The van der Waals surface area contributed by atoms with E-state index in [2.05, 4.69) is 47.3 Å². The molecular formula is C19H21BrN2OS. The topological polar surface area (TPSA) is 41.1 Å². The zero-order valence-electron chi connectivity index (χ0n) is 14.2. The van der Waals surface area contributed by atoms with Crippen molar-refractivity contribution in [2.45, 2.75) is 33.1 Å². The average molecular weight is 405 g/mol. The number of halogens is 1. The molecule has 0 aliphatic heterocycles. The van der Waals surface area contributed by atoms with Crippen LogP contribution in [0.15, 0.2) is 46.9 Å². The first kappa shape index (κ1) is 18.6. The third-order valence-electron chi connectivity index (χ3n) is 3.61. The lowest BCUT2D eigenvalue weighted by Crippen LogP contribution is -2.34. The van der Waals surface area contributed by atoms with Crippen molar-refractivity contribution >= 4 is 44.9 Å². The first-order valence-electron chi connectivity index (χ1n) is 7.66. The van der Waals surface area contributed by atoms with E-state index in [1.165, 1.54) is 5.56 Å². The summed E-state index contributed by atoms with van der Waals surface area (Å²) in [5.74, 6) is -0.226. The van der Waals surface area contributed by atoms with Crippen LogP contribution in [0.3, 0.4) is 0 Å². The van der Waals surface area contributed by atoms with Crippen molar-refractivity contribution < 1.29 is 4.79 Å². The lowest BCUT2D eigenvalue weighted by atomic mass is 9.87. The Morgan fingerprint density at radius 1 is 1.08 bits per heavy atom. The molecule has 0 aliphatic rings. The second-order valence-corrected chi connectivity index (χ2v) is 7.98. The summed E-state index contributed by atoms with van der Waals surface area (Å²) >= 11 is 8.70. The van der Waals surface area contributed by atoms with Crippen molar-refractivity contribution in [3.63, 3.8) is 0 Å². The minimum absolute atomic E-state index is 0.0591. The Labute approximate surface area is 157 Å². The van der Waals surface area contributed by atoms with Gasteiger partial charge in [0, 0.05) is 10.0 Å². The molecule has 2 N–H and O–H groups in total. The highest BCUT2D eigenvalue weighted by Gasteiger charge is 2.15. The molecule has 0 spiro atoms. The van der Waals surface area contributed by atoms with Crippen LogP contribution >= 0.6 is 28.1 Å². The molecule has 2 aromatic rings. The lowest BCUT2D eigenvalue weighted by Gasteiger charge is -2.19. The Balaban J connectivity index is 2.02. The van der Waals surface area contributed by atoms with Gasteiger partial charge >= 0.3 is 0 Å². The number of carbonyl (C=O) groups excluding carboxylic acids is 1. The van der Waals surface area contributed by atoms with Gasteiger partial charge in [-0.1, -0.05) is 39.0 Å². The monoisotopic (exact) mass is 404 g/mol. The number of anilines is 1. The summed E-state index contributed by atoms with van der Waals surface area (Å²) in [5.41, 5.74) is 3.78. The van der Waals surface area contributed by atoms with Gasteiger partial charge in [0.1, 0.15) is 0 Å². The summed E-state index contributed by atoms with van der Waals surface area (Å²) in [4.78, 5) is 12.3. The highest BCUT2D eigenvalue weighted by Crippen LogP contribution is 2.24. The molecule has 0 heterocycles. The van der Waals surface area contributed by atoms with Gasteiger partial charge in [-0.2, -0.15) is 0 Å². The molecule has 2 rings (SSSR count). The predicted octanol–water partition coefficient (Wildman–Crippen LogP) is 5.18. The lowest BCUT2D eigenvalue weighted by molar-refractivity contribution is 0.0977. The van der Waals surface area contributed by atoms with Gasteiger partial charge in [-0.05, 0) is 75.9 Å². The minimum atomic E-state index is -0.226. The van der Waals surface area contributed by atoms with Crippen LogP contribution in [-0.4, -0.2) is 11.0 Å². The molecule has 0 unspecified atom stereocenters.